The molecular formula is C21H28O4. The average Bonchev–Trinajstić information content (AvgIpc) is 2.68. The van der Waals surface area contributed by atoms with Crippen molar-refractivity contribution in [2.45, 2.75) is 51.4 Å². The van der Waals surface area contributed by atoms with Crippen LogP contribution in [0.5, 0.6) is 5.75 Å². The molecule has 4 heteroatoms. The summed E-state index contributed by atoms with van der Waals surface area (Å²) in [6, 6.07) is 9.32. The maximum absolute atomic E-state index is 12.3. The summed E-state index contributed by atoms with van der Waals surface area (Å²) in [6.45, 7) is 0. The van der Waals surface area contributed by atoms with Gasteiger partial charge in [0.2, 0.25) is 0 Å². The summed E-state index contributed by atoms with van der Waals surface area (Å²) in [4.78, 5) is 24.0. The minimum absolute atomic E-state index is 0.0304. The van der Waals surface area contributed by atoms with Crippen molar-refractivity contribution in [2.75, 3.05) is 7.11 Å². The minimum atomic E-state index is -0.0842. The highest BCUT2D eigenvalue weighted by atomic mass is 16.5. The predicted octanol–water partition coefficient (Wildman–Crippen LogP) is 4.38. The number of ether oxygens (including phenoxy) is 2. The number of benzene rings is 1. The fourth-order valence-corrected chi connectivity index (χ4v) is 4.51. The van der Waals surface area contributed by atoms with E-state index in [4.69, 9.17) is 9.47 Å². The van der Waals surface area contributed by atoms with Gasteiger partial charge >= 0.3 is 11.9 Å². The van der Waals surface area contributed by atoms with Crippen molar-refractivity contribution in [2.24, 2.45) is 23.7 Å². The summed E-state index contributed by atoms with van der Waals surface area (Å²) in [5.41, 5.74) is 0. The standard InChI is InChI=1S/C21H28O4/c1-24-20(22)17-11-7-15(8-12-17)16-9-13-18(14-10-16)21(23)25-19-5-3-2-4-6-19/h2-6,15-18H,7-14H2,1H3. The Morgan fingerprint density at radius 2 is 1.24 bits per heavy atom. The first-order valence-electron chi connectivity index (χ1n) is 9.52. The first kappa shape index (κ1) is 18.0. The Kier molecular flexibility index (Phi) is 6.11. The van der Waals surface area contributed by atoms with Crippen molar-refractivity contribution in [3.8, 4) is 5.75 Å². The lowest BCUT2D eigenvalue weighted by Crippen LogP contribution is -2.31. The number of carbonyl (C=O) groups is 2. The van der Waals surface area contributed by atoms with E-state index < -0.39 is 0 Å². The van der Waals surface area contributed by atoms with Gasteiger partial charge in [0.25, 0.3) is 0 Å². The van der Waals surface area contributed by atoms with Gasteiger partial charge in [0.1, 0.15) is 5.75 Å². The summed E-state index contributed by atoms with van der Waals surface area (Å²) in [6.07, 6.45) is 8.18. The molecule has 0 amide bonds. The smallest absolute Gasteiger partial charge is 0.314 e. The van der Waals surface area contributed by atoms with Gasteiger partial charge in [-0.3, -0.25) is 9.59 Å². The molecule has 2 aliphatic rings. The van der Waals surface area contributed by atoms with Crippen LogP contribution in [-0.2, 0) is 14.3 Å². The number of hydrogen-bond donors (Lipinski definition) is 0. The second-order valence-corrected chi connectivity index (χ2v) is 7.48. The van der Waals surface area contributed by atoms with E-state index in [2.05, 4.69) is 0 Å². The molecule has 0 spiro atoms. The molecule has 0 unspecified atom stereocenters. The molecule has 0 aliphatic heterocycles. The Labute approximate surface area is 149 Å². The molecule has 2 fully saturated rings. The van der Waals surface area contributed by atoms with E-state index in [1.165, 1.54) is 7.11 Å². The molecule has 0 heterocycles. The van der Waals surface area contributed by atoms with Crippen LogP contribution in [0, 0.1) is 23.7 Å². The zero-order chi connectivity index (χ0) is 17.6. The highest BCUT2D eigenvalue weighted by Gasteiger charge is 2.35. The van der Waals surface area contributed by atoms with Gasteiger partial charge in [-0.05, 0) is 75.3 Å². The molecule has 1 aromatic rings. The van der Waals surface area contributed by atoms with Crippen LogP contribution in [0.4, 0.5) is 0 Å². The van der Waals surface area contributed by atoms with E-state index in [0.29, 0.717) is 17.6 Å². The van der Waals surface area contributed by atoms with Crippen LogP contribution in [0.3, 0.4) is 0 Å². The Morgan fingerprint density at radius 1 is 0.760 bits per heavy atom. The third kappa shape index (κ3) is 4.62. The van der Waals surface area contributed by atoms with Gasteiger partial charge in [-0.1, -0.05) is 18.2 Å². The molecule has 0 N–H and O–H groups in total. The predicted molar refractivity (Wildman–Crippen MR) is 95.0 cm³/mol. The third-order valence-corrected chi connectivity index (χ3v) is 6.04. The maximum Gasteiger partial charge on any atom is 0.314 e. The highest BCUT2D eigenvalue weighted by Crippen LogP contribution is 2.41. The van der Waals surface area contributed by atoms with Crippen LogP contribution >= 0.6 is 0 Å². The van der Waals surface area contributed by atoms with Gasteiger partial charge in [-0.25, -0.2) is 0 Å². The Balaban J connectivity index is 1.43. The molecule has 4 nitrogen and oxygen atoms in total. The van der Waals surface area contributed by atoms with Gasteiger partial charge < -0.3 is 9.47 Å². The van der Waals surface area contributed by atoms with E-state index >= 15 is 0 Å². The summed E-state index contributed by atoms with van der Waals surface area (Å²) in [7, 11) is 1.48. The molecule has 2 saturated carbocycles. The van der Waals surface area contributed by atoms with Crippen LogP contribution in [0.2, 0.25) is 0 Å². The van der Waals surface area contributed by atoms with E-state index in [1.807, 2.05) is 30.3 Å². The molecule has 3 rings (SSSR count). The molecule has 0 radical (unpaired) electrons. The summed E-state index contributed by atoms with van der Waals surface area (Å²) in [5.74, 6) is 2.02. The number of methoxy groups -OCH3 is 1. The molecular weight excluding hydrogens is 316 g/mol. The van der Waals surface area contributed by atoms with Gasteiger partial charge in [0, 0.05) is 0 Å². The van der Waals surface area contributed by atoms with Crippen molar-refractivity contribution in [3.05, 3.63) is 30.3 Å². The van der Waals surface area contributed by atoms with Crippen LogP contribution in [0.25, 0.3) is 0 Å². The second kappa shape index (κ2) is 8.50. The second-order valence-electron chi connectivity index (χ2n) is 7.48. The summed E-state index contributed by atoms with van der Waals surface area (Å²) < 4.78 is 10.4. The average molecular weight is 344 g/mol. The van der Waals surface area contributed by atoms with E-state index in [1.54, 1.807) is 0 Å². The van der Waals surface area contributed by atoms with Crippen molar-refractivity contribution < 1.29 is 19.1 Å². The normalized spacial score (nSPS) is 29.6. The van der Waals surface area contributed by atoms with E-state index in [0.717, 1.165) is 51.4 Å². The number of para-hydroxylation sites is 1. The van der Waals surface area contributed by atoms with Crippen molar-refractivity contribution in [1.29, 1.82) is 0 Å². The summed E-state index contributed by atoms with van der Waals surface area (Å²) >= 11 is 0. The SMILES string of the molecule is COC(=O)C1CCC(C2CCC(C(=O)Oc3ccccc3)CC2)CC1. The molecule has 0 saturated heterocycles. The Hall–Kier alpha value is -1.84. The fourth-order valence-electron chi connectivity index (χ4n) is 4.51. The minimum Gasteiger partial charge on any atom is -0.469 e. The van der Waals surface area contributed by atoms with Crippen LogP contribution in [-0.4, -0.2) is 19.0 Å². The number of esters is 2. The van der Waals surface area contributed by atoms with Gasteiger partial charge in [0.05, 0.1) is 18.9 Å². The first-order valence-corrected chi connectivity index (χ1v) is 9.52. The fraction of sp³-hybridized carbons (Fsp3) is 0.619. The Morgan fingerprint density at radius 3 is 1.72 bits per heavy atom. The monoisotopic (exact) mass is 344 g/mol. The van der Waals surface area contributed by atoms with E-state index in [9.17, 15) is 9.59 Å². The molecule has 1 aromatic carbocycles. The Bertz CT molecular complexity index is 567. The maximum atomic E-state index is 12.3. The largest absolute Gasteiger partial charge is 0.469 e. The molecule has 25 heavy (non-hydrogen) atoms. The van der Waals surface area contributed by atoms with Crippen molar-refractivity contribution in [3.63, 3.8) is 0 Å². The van der Waals surface area contributed by atoms with E-state index in [-0.39, 0.29) is 23.8 Å². The third-order valence-electron chi connectivity index (χ3n) is 6.04. The molecule has 0 bridgehead atoms. The van der Waals surface area contributed by atoms with Gasteiger partial charge in [0.15, 0.2) is 0 Å². The first-order chi connectivity index (χ1) is 12.2. The summed E-state index contributed by atoms with van der Waals surface area (Å²) in [5, 5.41) is 0. The van der Waals surface area contributed by atoms with Crippen molar-refractivity contribution >= 4 is 11.9 Å². The lowest BCUT2D eigenvalue weighted by atomic mass is 9.69. The van der Waals surface area contributed by atoms with Crippen molar-refractivity contribution in [1.82, 2.24) is 0 Å². The quantitative estimate of drug-likeness (QED) is 0.601. The van der Waals surface area contributed by atoms with Gasteiger partial charge in [-0.2, -0.15) is 0 Å². The van der Waals surface area contributed by atoms with Gasteiger partial charge in [-0.15, -0.1) is 0 Å². The highest BCUT2D eigenvalue weighted by molar-refractivity contribution is 5.75. The van der Waals surface area contributed by atoms with Crippen LogP contribution in [0.15, 0.2) is 30.3 Å². The lowest BCUT2D eigenvalue weighted by molar-refractivity contribution is -0.147. The van der Waals surface area contributed by atoms with Crippen LogP contribution < -0.4 is 4.74 Å². The molecule has 136 valence electrons. The topological polar surface area (TPSA) is 52.6 Å². The molecule has 0 atom stereocenters. The number of hydrogen-bond acceptors (Lipinski definition) is 4. The zero-order valence-electron chi connectivity index (χ0n) is 15.0. The number of carbonyl (C=O) groups excluding carboxylic acids is 2. The lowest BCUT2D eigenvalue weighted by Gasteiger charge is -2.36. The molecule has 2 aliphatic carbocycles. The zero-order valence-corrected chi connectivity index (χ0v) is 15.0. The molecule has 0 aromatic heterocycles. The van der Waals surface area contributed by atoms with Crippen LogP contribution in [0.1, 0.15) is 51.4 Å². The number of rotatable bonds is 4.